The van der Waals surface area contributed by atoms with Crippen LogP contribution in [0.1, 0.15) is 12.5 Å². The Morgan fingerprint density at radius 1 is 1.31 bits per heavy atom. The molecule has 1 aromatic carbocycles. The van der Waals surface area contributed by atoms with Gasteiger partial charge in [0.15, 0.2) is 0 Å². The van der Waals surface area contributed by atoms with Crippen LogP contribution in [0, 0.1) is 0 Å². The lowest BCUT2D eigenvalue weighted by Crippen LogP contribution is -2.24. The molecule has 0 bridgehead atoms. The number of benzene rings is 1. The summed E-state index contributed by atoms with van der Waals surface area (Å²) in [6.07, 6.45) is 1.95. The molecule has 0 fully saturated rings. The van der Waals surface area contributed by atoms with Gasteiger partial charge in [-0.1, -0.05) is 42.5 Å². The van der Waals surface area contributed by atoms with Crippen molar-refractivity contribution in [2.24, 2.45) is 0 Å². The zero-order valence-corrected chi connectivity index (χ0v) is 10.2. The van der Waals surface area contributed by atoms with Gasteiger partial charge in [0.1, 0.15) is 10.7 Å². The summed E-state index contributed by atoms with van der Waals surface area (Å²) in [6, 6.07) is 10.3. The van der Waals surface area contributed by atoms with Gasteiger partial charge in [-0.2, -0.15) is 0 Å². The molecule has 0 saturated carbocycles. The lowest BCUT2D eigenvalue weighted by Gasteiger charge is -2.18. The number of thiocarbonyl (C=S) groups is 1. The Morgan fingerprint density at radius 3 is 2.75 bits per heavy atom. The fraction of sp³-hybridized carbons (Fsp3) is 0.308. The van der Waals surface area contributed by atoms with Crippen LogP contribution in [0.3, 0.4) is 0 Å². The fourth-order valence-corrected chi connectivity index (χ4v) is 2.01. The van der Waals surface area contributed by atoms with E-state index in [-0.39, 0.29) is 0 Å². The third kappa shape index (κ3) is 2.61. The first-order chi connectivity index (χ1) is 7.79. The Morgan fingerprint density at radius 2 is 2.06 bits per heavy atom. The maximum absolute atomic E-state index is 5.47. The van der Waals surface area contributed by atoms with E-state index < -0.39 is 0 Å². The smallest absolute Gasteiger partial charge is 0.118 e. The topological polar surface area (TPSA) is 12.5 Å². The highest BCUT2D eigenvalue weighted by atomic mass is 32.1. The molecule has 0 saturated heterocycles. The molecule has 0 atom stereocenters. The summed E-state index contributed by atoms with van der Waals surface area (Å²) in [6.45, 7) is 4.34. The van der Waals surface area contributed by atoms with Crippen LogP contribution in [-0.2, 0) is 11.3 Å². The summed E-state index contributed by atoms with van der Waals surface area (Å²) >= 11 is 5.30. The van der Waals surface area contributed by atoms with Gasteiger partial charge in [0.05, 0.1) is 13.2 Å². The molecule has 0 aromatic heterocycles. The van der Waals surface area contributed by atoms with E-state index >= 15 is 0 Å². The average Bonchev–Trinajstić information content (AvgIpc) is 2.61. The predicted octanol–water partition coefficient (Wildman–Crippen LogP) is 2.75. The third-order valence-electron chi connectivity index (χ3n) is 2.49. The van der Waals surface area contributed by atoms with Gasteiger partial charge in [-0.25, -0.2) is 0 Å². The van der Waals surface area contributed by atoms with E-state index in [1.165, 1.54) is 5.56 Å². The van der Waals surface area contributed by atoms with Crippen molar-refractivity contribution in [3.63, 3.8) is 0 Å². The number of rotatable bonds is 4. The number of hydrogen-bond donors (Lipinski definition) is 0. The van der Waals surface area contributed by atoms with E-state index in [1.54, 1.807) is 0 Å². The second-order valence-electron chi connectivity index (χ2n) is 3.72. The Hall–Kier alpha value is -1.35. The molecule has 0 aliphatic carbocycles. The highest BCUT2D eigenvalue weighted by Crippen LogP contribution is 2.16. The van der Waals surface area contributed by atoms with Crippen molar-refractivity contribution in [1.82, 2.24) is 4.90 Å². The Balaban J connectivity index is 1.97. The molecule has 2 nitrogen and oxygen atoms in total. The van der Waals surface area contributed by atoms with Crippen molar-refractivity contribution in [3.05, 3.63) is 47.7 Å². The molecule has 0 amide bonds. The Bertz CT molecular complexity index is 400. The monoisotopic (exact) mass is 233 g/mol. The van der Waals surface area contributed by atoms with Crippen molar-refractivity contribution in [2.45, 2.75) is 13.5 Å². The molecule has 1 aliphatic heterocycles. The van der Waals surface area contributed by atoms with Gasteiger partial charge in [0.25, 0.3) is 0 Å². The number of hydrogen-bond acceptors (Lipinski definition) is 2. The molecule has 0 N–H and O–H groups in total. The van der Waals surface area contributed by atoms with E-state index in [4.69, 9.17) is 17.0 Å². The summed E-state index contributed by atoms with van der Waals surface area (Å²) in [5, 5.41) is 0. The first-order valence-electron chi connectivity index (χ1n) is 5.46. The van der Waals surface area contributed by atoms with Crippen LogP contribution >= 0.6 is 12.2 Å². The number of nitrogens with zero attached hydrogens (tertiary/aromatic N) is 1. The van der Waals surface area contributed by atoms with Crippen molar-refractivity contribution in [1.29, 1.82) is 0 Å². The van der Waals surface area contributed by atoms with E-state index in [2.05, 4.69) is 17.0 Å². The normalized spacial score (nSPS) is 15.2. The van der Waals surface area contributed by atoms with Crippen molar-refractivity contribution in [3.8, 4) is 0 Å². The standard InChI is InChI=1S/C13H15NOS/c1-2-15-12-8-13(16)14(10-12)9-11-6-4-3-5-7-11/h3-8H,2,9-10H2,1H3. The zero-order chi connectivity index (χ0) is 11.4. The largest absolute Gasteiger partial charge is 0.496 e. The van der Waals surface area contributed by atoms with Crippen LogP contribution in [0.5, 0.6) is 0 Å². The molecule has 16 heavy (non-hydrogen) atoms. The summed E-state index contributed by atoms with van der Waals surface area (Å²) < 4.78 is 5.47. The van der Waals surface area contributed by atoms with Crippen LogP contribution in [-0.4, -0.2) is 23.0 Å². The minimum Gasteiger partial charge on any atom is -0.496 e. The molecule has 0 unspecified atom stereocenters. The highest BCUT2D eigenvalue weighted by molar-refractivity contribution is 7.80. The second kappa shape index (κ2) is 5.12. The molecular formula is C13H15NOS. The average molecular weight is 233 g/mol. The Labute approximate surface area is 102 Å². The lowest BCUT2D eigenvalue weighted by molar-refractivity contribution is 0.212. The summed E-state index contributed by atoms with van der Waals surface area (Å²) in [5.41, 5.74) is 1.27. The SMILES string of the molecule is CCOC1=CC(=S)N(Cc2ccccc2)C1. The van der Waals surface area contributed by atoms with Gasteiger partial charge < -0.3 is 9.64 Å². The minimum absolute atomic E-state index is 0.702. The maximum Gasteiger partial charge on any atom is 0.118 e. The summed E-state index contributed by atoms with van der Waals surface area (Å²) in [5.74, 6) is 0.975. The molecule has 1 heterocycles. The molecule has 84 valence electrons. The van der Waals surface area contributed by atoms with Crippen molar-refractivity contribution >= 4 is 17.2 Å². The van der Waals surface area contributed by atoms with Crippen molar-refractivity contribution in [2.75, 3.05) is 13.2 Å². The van der Waals surface area contributed by atoms with Crippen LogP contribution in [0.25, 0.3) is 0 Å². The number of ether oxygens (including phenoxy) is 1. The Kier molecular flexibility index (Phi) is 3.57. The lowest BCUT2D eigenvalue weighted by atomic mass is 10.2. The molecule has 2 rings (SSSR count). The van der Waals surface area contributed by atoms with Crippen LogP contribution in [0.4, 0.5) is 0 Å². The van der Waals surface area contributed by atoms with Gasteiger partial charge in [-0.3, -0.25) is 0 Å². The van der Waals surface area contributed by atoms with Crippen LogP contribution < -0.4 is 0 Å². The van der Waals surface area contributed by atoms with Gasteiger partial charge in [0, 0.05) is 12.6 Å². The van der Waals surface area contributed by atoms with Gasteiger partial charge in [-0.05, 0) is 12.5 Å². The zero-order valence-electron chi connectivity index (χ0n) is 9.35. The second-order valence-corrected chi connectivity index (χ2v) is 4.14. The maximum atomic E-state index is 5.47. The van der Waals surface area contributed by atoms with Crippen molar-refractivity contribution < 1.29 is 4.74 Å². The highest BCUT2D eigenvalue weighted by Gasteiger charge is 2.18. The molecular weight excluding hydrogens is 218 g/mol. The molecule has 0 radical (unpaired) electrons. The quantitative estimate of drug-likeness (QED) is 0.742. The summed E-state index contributed by atoms with van der Waals surface area (Å²) in [4.78, 5) is 3.02. The first-order valence-corrected chi connectivity index (χ1v) is 5.86. The van der Waals surface area contributed by atoms with E-state index in [1.807, 2.05) is 31.2 Å². The van der Waals surface area contributed by atoms with E-state index in [9.17, 15) is 0 Å². The van der Waals surface area contributed by atoms with Crippen LogP contribution in [0.15, 0.2) is 42.2 Å². The first kappa shape index (κ1) is 11.1. The molecule has 1 aromatic rings. The molecule has 0 spiro atoms. The molecule has 1 aliphatic rings. The van der Waals surface area contributed by atoms with Gasteiger partial charge in [-0.15, -0.1) is 0 Å². The molecule has 3 heteroatoms. The van der Waals surface area contributed by atoms with Gasteiger partial charge in [0.2, 0.25) is 0 Å². The predicted molar refractivity (Wildman–Crippen MR) is 69.2 cm³/mol. The van der Waals surface area contributed by atoms with E-state index in [0.717, 1.165) is 23.8 Å². The van der Waals surface area contributed by atoms with E-state index in [0.29, 0.717) is 6.61 Å². The third-order valence-corrected chi connectivity index (χ3v) is 2.86. The minimum atomic E-state index is 0.702. The fourth-order valence-electron chi connectivity index (χ4n) is 1.75. The summed E-state index contributed by atoms with van der Waals surface area (Å²) in [7, 11) is 0. The van der Waals surface area contributed by atoms with Gasteiger partial charge >= 0.3 is 0 Å². The van der Waals surface area contributed by atoms with Crippen LogP contribution in [0.2, 0.25) is 0 Å².